The lowest BCUT2D eigenvalue weighted by molar-refractivity contribution is 0.0905. The number of hydrogen-bond donors (Lipinski definition) is 1. The number of piperidine rings is 1. The predicted molar refractivity (Wildman–Crippen MR) is 73.0 cm³/mol. The SMILES string of the molecule is Cc1cnoc1C(=O)NC[C@H](C)CN1CCCCC1. The minimum Gasteiger partial charge on any atom is -0.351 e. The highest BCUT2D eigenvalue weighted by Gasteiger charge is 2.17. The van der Waals surface area contributed by atoms with Crippen LogP contribution in [0.3, 0.4) is 0 Å². The molecule has 0 radical (unpaired) electrons. The maximum absolute atomic E-state index is 11.9. The molecule has 1 aromatic heterocycles. The lowest BCUT2D eigenvalue weighted by Gasteiger charge is -2.29. The molecule has 2 rings (SSSR count). The summed E-state index contributed by atoms with van der Waals surface area (Å²) in [4.78, 5) is 14.4. The second kappa shape index (κ2) is 6.70. The van der Waals surface area contributed by atoms with E-state index in [4.69, 9.17) is 4.52 Å². The predicted octanol–water partition coefficient (Wildman–Crippen LogP) is 1.83. The average molecular weight is 265 g/mol. The van der Waals surface area contributed by atoms with Crippen molar-refractivity contribution in [1.82, 2.24) is 15.4 Å². The molecule has 0 bridgehead atoms. The summed E-state index contributed by atoms with van der Waals surface area (Å²) in [5.41, 5.74) is 0.779. The molecule has 106 valence electrons. The van der Waals surface area contributed by atoms with Crippen molar-refractivity contribution < 1.29 is 9.32 Å². The first-order valence-corrected chi connectivity index (χ1v) is 7.08. The van der Waals surface area contributed by atoms with Crippen LogP contribution in [0.25, 0.3) is 0 Å². The molecule has 1 aliphatic rings. The summed E-state index contributed by atoms with van der Waals surface area (Å²) in [6.45, 7) is 8.11. The number of aryl methyl sites for hydroxylation is 1. The summed E-state index contributed by atoms with van der Waals surface area (Å²) in [6.07, 6.45) is 5.52. The van der Waals surface area contributed by atoms with Crippen molar-refractivity contribution in [3.05, 3.63) is 17.5 Å². The molecule has 2 heterocycles. The number of nitrogens with one attached hydrogen (secondary N) is 1. The summed E-state index contributed by atoms with van der Waals surface area (Å²) in [5.74, 6) is 0.607. The summed E-state index contributed by atoms with van der Waals surface area (Å²) >= 11 is 0. The van der Waals surface area contributed by atoms with Gasteiger partial charge in [-0.2, -0.15) is 0 Å². The highest BCUT2D eigenvalue weighted by molar-refractivity contribution is 5.92. The van der Waals surface area contributed by atoms with Gasteiger partial charge in [0.2, 0.25) is 5.76 Å². The Bertz CT molecular complexity index is 411. The molecular formula is C14H23N3O2. The van der Waals surface area contributed by atoms with E-state index in [1.165, 1.54) is 32.4 Å². The standard InChI is InChI=1S/C14H23N3O2/c1-11(10-17-6-4-3-5-7-17)8-15-14(18)13-12(2)9-16-19-13/h9,11H,3-8,10H2,1-2H3,(H,15,18)/t11-/m0/s1. The smallest absolute Gasteiger partial charge is 0.290 e. The van der Waals surface area contributed by atoms with Crippen molar-refractivity contribution >= 4 is 5.91 Å². The Morgan fingerprint density at radius 1 is 1.47 bits per heavy atom. The summed E-state index contributed by atoms with van der Waals surface area (Å²) in [6, 6.07) is 0. The van der Waals surface area contributed by atoms with Gasteiger partial charge in [0, 0.05) is 18.7 Å². The number of hydrogen-bond acceptors (Lipinski definition) is 4. The Hall–Kier alpha value is -1.36. The Morgan fingerprint density at radius 2 is 2.21 bits per heavy atom. The molecule has 0 aliphatic carbocycles. The number of aromatic nitrogens is 1. The third-order valence-electron chi connectivity index (χ3n) is 3.58. The maximum Gasteiger partial charge on any atom is 0.290 e. The van der Waals surface area contributed by atoms with E-state index in [1.54, 1.807) is 6.20 Å². The van der Waals surface area contributed by atoms with Crippen LogP contribution in [0.15, 0.2) is 10.7 Å². The van der Waals surface area contributed by atoms with Crippen LogP contribution in [-0.2, 0) is 0 Å². The van der Waals surface area contributed by atoms with E-state index in [2.05, 4.69) is 22.3 Å². The van der Waals surface area contributed by atoms with Crippen molar-refractivity contribution in [2.75, 3.05) is 26.2 Å². The fourth-order valence-corrected chi connectivity index (χ4v) is 2.50. The van der Waals surface area contributed by atoms with Gasteiger partial charge < -0.3 is 14.7 Å². The van der Waals surface area contributed by atoms with E-state index in [0.717, 1.165) is 12.1 Å². The Kier molecular flexibility index (Phi) is 4.96. The van der Waals surface area contributed by atoms with Crippen molar-refractivity contribution in [3.63, 3.8) is 0 Å². The lowest BCUT2D eigenvalue weighted by Crippen LogP contribution is -2.38. The second-order valence-electron chi connectivity index (χ2n) is 5.51. The van der Waals surface area contributed by atoms with Crippen LogP contribution in [-0.4, -0.2) is 42.1 Å². The highest BCUT2D eigenvalue weighted by Crippen LogP contribution is 2.11. The second-order valence-corrected chi connectivity index (χ2v) is 5.51. The Balaban J connectivity index is 1.72. The average Bonchev–Trinajstić information content (AvgIpc) is 2.83. The number of carbonyl (C=O) groups is 1. The first kappa shape index (κ1) is 14.1. The van der Waals surface area contributed by atoms with Crippen LogP contribution in [0.4, 0.5) is 0 Å². The number of likely N-dealkylation sites (tertiary alicyclic amines) is 1. The molecule has 0 unspecified atom stereocenters. The van der Waals surface area contributed by atoms with Crippen molar-refractivity contribution in [1.29, 1.82) is 0 Å². The number of rotatable bonds is 5. The van der Waals surface area contributed by atoms with E-state index in [-0.39, 0.29) is 5.91 Å². The van der Waals surface area contributed by atoms with Gasteiger partial charge in [-0.3, -0.25) is 4.79 Å². The molecule has 5 nitrogen and oxygen atoms in total. The largest absolute Gasteiger partial charge is 0.351 e. The van der Waals surface area contributed by atoms with Gasteiger partial charge in [-0.05, 0) is 38.8 Å². The zero-order valence-electron chi connectivity index (χ0n) is 11.8. The van der Waals surface area contributed by atoms with Gasteiger partial charge in [-0.25, -0.2) is 0 Å². The number of carbonyl (C=O) groups excluding carboxylic acids is 1. The Morgan fingerprint density at radius 3 is 2.84 bits per heavy atom. The molecule has 0 spiro atoms. The zero-order valence-corrected chi connectivity index (χ0v) is 11.8. The van der Waals surface area contributed by atoms with Gasteiger partial charge in [-0.15, -0.1) is 0 Å². The molecule has 0 aromatic carbocycles. The van der Waals surface area contributed by atoms with E-state index >= 15 is 0 Å². The van der Waals surface area contributed by atoms with E-state index < -0.39 is 0 Å². The first-order valence-electron chi connectivity index (χ1n) is 7.08. The van der Waals surface area contributed by atoms with Gasteiger partial charge in [0.1, 0.15) is 0 Å². The first-order chi connectivity index (χ1) is 9.16. The summed E-state index contributed by atoms with van der Waals surface area (Å²) in [7, 11) is 0. The number of nitrogens with zero attached hydrogens (tertiary/aromatic N) is 2. The third-order valence-corrected chi connectivity index (χ3v) is 3.58. The van der Waals surface area contributed by atoms with Gasteiger partial charge in [-0.1, -0.05) is 18.5 Å². The Labute approximate surface area is 114 Å². The fourth-order valence-electron chi connectivity index (χ4n) is 2.50. The maximum atomic E-state index is 11.9. The molecule has 0 saturated carbocycles. The molecule has 1 atom stereocenters. The van der Waals surface area contributed by atoms with Gasteiger partial charge >= 0.3 is 0 Å². The molecule has 1 saturated heterocycles. The molecule has 19 heavy (non-hydrogen) atoms. The lowest BCUT2D eigenvalue weighted by atomic mass is 10.1. The molecule has 1 fully saturated rings. The van der Waals surface area contributed by atoms with Crippen LogP contribution >= 0.6 is 0 Å². The normalized spacial score (nSPS) is 18.2. The van der Waals surface area contributed by atoms with Crippen molar-refractivity contribution in [3.8, 4) is 0 Å². The summed E-state index contributed by atoms with van der Waals surface area (Å²) in [5, 5.41) is 6.54. The monoisotopic (exact) mass is 265 g/mol. The quantitative estimate of drug-likeness (QED) is 0.882. The molecule has 5 heteroatoms. The van der Waals surface area contributed by atoms with Crippen LogP contribution in [0.2, 0.25) is 0 Å². The summed E-state index contributed by atoms with van der Waals surface area (Å²) < 4.78 is 4.94. The van der Waals surface area contributed by atoms with Crippen LogP contribution in [0, 0.1) is 12.8 Å². The third kappa shape index (κ3) is 4.06. The molecule has 1 N–H and O–H groups in total. The van der Waals surface area contributed by atoms with E-state index in [9.17, 15) is 4.79 Å². The van der Waals surface area contributed by atoms with Crippen molar-refractivity contribution in [2.24, 2.45) is 5.92 Å². The van der Waals surface area contributed by atoms with Gasteiger partial charge in [0.05, 0.1) is 6.20 Å². The molecular weight excluding hydrogens is 242 g/mol. The minimum absolute atomic E-state index is 0.166. The van der Waals surface area contributed by atoms with Crippen LogP contribution in [0.1, 0.15) is 42.3 Å². The van der Waals surface area contributed by atoms with Gasteiger partial charge in [0.25, 0.3) is 5.91 Å². The van der Waals surface area contributed by atoms with E-state index in [1.807, 2.05) is 6.92 Å². The van der Waals surface area contributed by atoms with Crippen molar-refractivity contribution in [2.45, 2.75) is 33.1 Å². The van der Waals surface area contributed by atoms with Crippen LogP contribution < -0.4 is 5.32 Å². The van der Waals surface area contributed by atoms with E-state index in [0.29, 0.717) is 18.2 Å². The molecule has 1 amide bonds. The number of amides is 1. The molecule has 1 aromatic rings. The van der Waals surface area contributed by atoms with Crippen LogP contribution in [0.5, 0.6) is 0 Å². The van der Waals surface area contributed by atoms with Gasteiger partial charge in [0.15, 0.2) is 0 Å². The minimum atomic E-state index is -0.166. The highest BCUT2D eigenvalue weighted by atomic mass is 16.5. The molecule has 1 aliphatic heterocycles. The fraction of sp³-hybridized carbons (Fsp3) is 0.714. The topological polar surface area (TPSA) is 58.4 Å². The zero-order chi connectivity index (χ0) is 13.7.